The minimum Gasteiger partial charge on any atom is -0.393 e. The third-order valence-electron chi connectivity index (χ3n) is 3.27. The molecule has 2 N–H and O–H groups in total. The lowest BCUT2D eigenvalue weighted by Crippen LogP contribution is -2.26. The van der Waals surface area contributed by atoms with Crippen molar-refractivity contribution in [2.75, 3.05) is 6.54 Å². The number of hydrogen-bond donors (Lipinski definition) is 2. The van der Waals surface area contributed by atoms with Gasteiger partial charge in [0.2, 0.25) is 0 Å². The molecule has 19 heavy (non-hydrogen) atoms. The van der Waals surface area contributed by atoms with Crippen LogP contribution in [0.15, 0.2) is 24.3 Å². The molecule has 1 unspecified atom stereocenters. The zero-order valence-electron chi connectivity index (χ0n) is 12.0. The van der Waals surface area contributed by atoms with Crippen LogP contribution in [0, 0.1) is 0 Å². The Labute approximate surface area is 116 Å². The van der Waals surface area contributed by atoms with Crippen molar-refractivity contribution in [1.29, 1.82) is 0 Å². The van der Waals surface area contributed by atoms with Gasteiger partial charge < -0.3 is 10.4 Å². The highest BCUT2D eigenvalue weighted by Crippen LogP contribution is 2.08. The van der Waals surface area contributed by atoms with Crippen LogP contribution in [0.1, 0.15) is 55.5 Å². The maximum atomic E-state index is 11.8. The van der Waals surface area contributed by atoms with Gasteiger partial charge in [-0.25, -0.2) is 0 Å². The number of benzene rings is 1. The van der Waals surface area contributed by atoms with E-state index < -0.39 is 0 Å². The molecular weight excluding hydrogens is 238 g/mol. The van der Waals surface area contributed by atoms with Crippen LogP contribution in [-0.4, -0.2) is 23.7 Å². The summed E-state index contributed by atoms with van der Waals surface area (Å²) < 4.78 is 0. The highest BCUT2D eigenvalue weighted by atomic mass is 16.3. The zero-order chi connectivity index (χ0) is 14.1. The van der Waals surface area contributed by atoms with Gasteiger partial charge in [-0.2, -0.15) is 0 Å². The summed E-state index contributed by atoms with van der Waals surface area (Å²) in [4.78, 5) is 11.8. The Morgan fingerprint density at radius 3 is 2.53 bits per heavy atom. The summed E-state index contributed by atoms with van der Waals surface area (Å²) >= 11 is 0. The lowest BCUT2D eigenvalue weighted by Gasteiger charge is -2.09. The normalized spacial score (nSPS) is 12.2. The second-order valence-corrected chi connectivity index (χ2v) is 4.91. The largest absolute Gasteiger partial charge is 0.393 e. The van der Waals surface area contributed by atoms with Gasteiger partial charge in [0.1, 0.15) is 0 Å². The van der Waals surface area contributed by atoms with E-state index in [1.807, 2.05) is 31.2 Å². The van der Waals surface area contributed by atoms with Crippen LogP contribution in [0.3, 0.4) is 0 Å². The van der Waals surface area contributed by atoms with Gasteiger partial charge in [-0.15, -0.1) is 0 Å². The molecule has 1 rings (SSSR count). The molecule has 3 nitrogen and oxygen atoms in total. The first kappa shape index (κ1) is 15.7. The second-order valence-electron chi connectivity index (χ2n) is 4.91. The van der Waals surface area contributed by atoms with E-state index in [1.54, 1.807) is 0 Å². The van der Waals surface area contributed by atoms with Gasteiger partial charge in [0.25, 0.3) is 5.91 Å². The monoisotopic (exact) mass is 263 g/mol. The van der Waals surface area contributed by atoms with Gasteiger partial charge in [0, 0.05) is 12.1 Å². The summed E-state index contributed by atoms with van der Waals surface area (Å²) in [5.74, 6) is -0.0645. The summed E-state index contributed by atoms with van der Waals surface area (Å²) in [6.45, 7) is 4.62. The summed E-state index contributed by atoms with van der Waals surface area (Å²) in [5.41, 5.74) is 1.96. The molecule has 0 aliphatic carbocycles. The van der Waals surface area contributed by atoms with Crippen molar-refractivity contribution < 1.29 is 9.90 Å². The average Bonchev–Trinajstić information content (AvgIpc) is 2.45. The van der Waals surface area contributed by atoms with Crippen LogP contribution in [-0.2, 0) is 6.42 Å². The van der Waals surface area contributed by atoms with Crippen LogP contribution in [0.4, 0.5) is 0 Å². The van der Waals surface area contributed by atoms with E-state index in [0.29, 0.717) is 18.5 Å². The third kappa shape index (κ3) is 5.88. The molecule has 0 bridgehead atoms. The molecule has 106 valence electrons. The molecule has 0 aliphatic heterocycles. The van der Waals surface area contributed by atoms with E-state index in [4.69, 9.17) is 0 Å². The Balaban J connectivity index is 2.40. The molecular formula is C16H25NO2. The number of rotatable bonds is 8. The highest BCUT2D eigenvalue weighted by Gasteiger charge is 2.06. The van der Waals surface area contributed by atoms with E-state index in [1.165, 1.54) is 18.4 Å². The fraction of sp³-hybridized carbons (Fsp3) is 0.562. The van der Waals surface area contributed by atoms with Crippen molar-refractivity contribution in [1.82, 2.24) is 5.32 Å². The number of carbonyl (C=O) groups excluding carboxylic acids is 1. The molecule has 1 amide bonds. The lowest BCUT2D eigenvalue weighted by molar-refractivity contribution is 0.0942. The maximum Gasteiger partial charge on any atom is 0.251 e. The molecule has 0 fully saturated rings. The first-order chi connectivity index (χ1) is 9.17. The predicted molar refractivity (Wildman–Crippen MR) is 78.3 cm³/mol. The van der Waals surface area contributed by atoms with Gasteiger partial charge >= 0.3 is 0 Å². The van der Waals surface area contributed by atoms with Crippen LogP contribution in [0.25, 0.3) is 0 Å². The molecule has 0 saturated carbocycles. The van der Waals surface area contributed by atoms with E-state index in [2.05, 4.69) is 12.2 Å². The topological polar surface area (TPSA) is 49.3 Å². The van der Waals surface area contributed by atoms with Crippen LogP contribution < -0.4 is 5.32 Å². The van der Waals surface area contributed by atoms with Crippen molar-refractivity contribution in [3.05, 3.63) is 35.4 Å². The number of amides is 1. The Hall–Kier alpha value is -1.35. The van der Waals surface area contributed by atoms with Crippen molar-refractivity contribution in [3.63, 3.8) is 0 Å². The molecule has 1 atom stereocenters. The smallest absolute Gasteiger partial charge is 0.251 e. The number of carbonyl (C=O) groups is 1. The highest BCUT2D eigenvalue weighted by molar-refractivity contribution is 5.94. The molecule has 3 heteroatoms. The average molecular weight is 263 g/mol. The molecule has 0 aliphatic rings. The van der Waals surface area contributed by atoms with Crippen LogP contribution in [0.2, 0.25) is 0 Å². The molecule has 1 aromatic carbocycles. The summed E-state index contributed by atoms with van der Waals surface area (Å²) in [6, 6.07) is 7.78. The summed E-state index contributed by atoms with van der Waals surface area (Å²) in [5, 5.41) is 12.2. The quantitative estimate of drug-likeness (QED) is 0.757. The first-order valence-corrected chi connectivity index (χ1v) is 7.22. The number of aliphatic hydroxyl groups is 1. The zero-order valence-corrected chi connectivity index (χ0v) is 12.0. The first-order valence-electron chi connectivity index (χ1n) is 7.22. The van der Waals surface area contributed by atoms with Crippen molar-refractivity contribution >= 4 is 5.91 Å². The second kappa shape index (κ2) is 8.70. The standard InChI is InChI=1S/C16H25NO2/c1-3-5-6-13-7-9-14(10-8-13)16(19)17-12-11-15(18)4-2/h7-10,15,18H,3-6,11-12H2,1-2H3,(H,17,19). The van der Waals surface area contributed by atoms with Crippen molar-refractivity contribution in [2.24, 2.45) is 0 Å². The van der Waals surface area contributed by atoms with Crippen LogP contribution in [0.5, 0.6) is 0 Å². The molecule has 0 radical (unpaired) electrons. The predicted octanol–water partition coefficient (Wildman–Crippen LogP) is 2.92. The van der Waals surface area contributed by atoms with E-state index in [-0.39, 0.29) is 12.0 Å². The minimum absolute atomic E-state index is 0.0645. The summed E-state index contributed by atoms with van der Waals surface area (Å²) in [6.07, 6.45) is 4.44. The summed E-state index contributed by atoms with van der Waals surface area (Å²) in [7, 11) is 0. The minimum atomic E-state index is -0.322. The number of aryl methyl sites for hydroxylation is 1. The Morgan fingerprint density at radius 2 is 1.95 bits per heavy atom. The SMILES string of the molecule is CCCCc1ccc(C(=O)NCCC(O)CC)cc1. The van der Waals surface area contributed by atoms with E-state index in [9.17, 15) is 9.90 Å². The number of nitrogens with one attached hydrogen (secondary N) is 1. The molecule has 0 saturated heterocycles. The van der Waals surface area contributed by atoms with Gasteiger partial charge in [0.15, 0.2) is 0 Å². The number of unbranched alkanes of at least 4 members (excludes halogenated alkanes) is 1. The number of aliphatic hydroxyl groups excluding tert-OH is 1. The van der Waals surface area contributed by atoms with Gasteiger partial charge in [-0.1, -0.05) is 32.4 Å². The maximum absolute atomic E-state index is 11.8. The molecule has 0 spiro atoms. The molecule has 1 aromatic rings. The fourth-order valence-electron chi connectivity index (χ4n) is 1.86. The third-order valence-corrected chi connectivity index (χ3v) is 3.27. The van der Waals surface area contributed by atoms with E-state index in [0.717, 1.165) is 12.8 Å². The van der Waals surface area contributed by atoms with Crippen molar-refractivity contribution in [2.45, 2.75) is 52.1 Å². The fourth-order valence-corrected chi connectivity index (χ4v) is 1.86. The molecule has 0 heterocycles. The molecule has 0 aromatic heterocycles. The van der Waals surface area contributed by atoms with Crippen molar-refractivity contribution in [3.8, 4) is 0 Å². The van der Waals surface area contributed by atoms with Crippen LogP contribution >= 0.6 is 0 Å². The Morgan fingerprint density at radius 1 is 1.26 bits per heavy atom. The van der Waals surface area contributed by atoms with E-state index >= 15 is 0 Å². The lowest BCUT2D eigenvalue weighted by atomic mass is 10.1. The Kier molecular flexibility index (Phi) is 7.19. The Bertz CT molecular complexity index is 373. The number of hydrogen-bond acceptors (Lipinski definition) is 2. The van der Waals surface area contributed by atoms with Gasteiger partial charge in [-0.05, 0) is 43.4 Å². The van der Waals surface area contributed by atoms with Gasteiger partial charge in [-0.3, -0.25) is 4.79 Å². The van der Waals surface area contributed by atoms with Gasteiger partial charge in [0.05, 0.1) is 6.10 Å².